The highest BCUT2D eigenvalue weighted by Gasteiger charge is 2.38. The third-order valence-corrected chi connectivity index (χ3v) is 4.38. The van der Waals surface area contributed by atoms with E-state index in [9.17, 15) is 18.0 Å². The van der Waals surface area contributed by atoms with Crippen molar-refractivity contribution < 1.29 is 32.3 Å². The molecular formula is C20H19F3N4O4. The van der Waals surface area contributed by atoms with Gasteiger partial charge in [-0.1, -0.05) is 5.16 Å². The second-order valence-electron chi connectivity index (χ2n) is 6.55. The number of carbonyl (C=O) groups is 1. The van der Waals surface area contributed by atoms with Crippen molar-refractivity contribution >= 4 is 5.91 Å². The van der Waals surface area contributed by atoms with Gasteiger partial charge in [-0.25, -0.2) is 4.98 Å². The fourth-order valence-corrected chi connectivity index (χ4v) is 2.80. The quantitative estimate of drug-likeness (QED) is 0.667. The number of halogens is 3. The van der Waals surface area contributed by atoms with E-state index in [1.54, 1.807) is 7.11 Å². The predicted octanol–water partition coefficient (Wildman–Crippen LogP) is 3.79. The van der Waals surface area contributed by atoms with Gasteiger partial charge in [-0.3, -0.25) is 4.79 Å². The normalized spacial score (nSPS) is 13.5. The van der Waals surface area contributed by atoms with Gasteiger partial charge in [0.2, 0.25) is 5.82 Å². The third kappa shape index (κ3) is 5.71. The number of alkyl halides is 3. The maximum absolute atomic E-state index is 12.1. The molecule has 4 rings (SSSR count). The topological polar surface area (TPSA) is 102 Å². The number of amides is 1. The molecule has 1 saturated heterocycles. The summed E-state index contributed by atoms with van der Waals surface area (Å²) in [6.07, 6.45) is -1.36. The molecule has 1 aliphatic heterocycles. The number of nitrogens with zero attached hydrogens (tertiary/aromatic N) is 4. The van der Waals surface area contributed by atoms with E-state index < -0.39 is 12.1 Å². The summed E-state index contributed by atoms with van der Waals surface area (Å²) in [7, 11) is 1.62. The van der Waals surface area contributed by atoms with E-state index >= 15 is 0 Å². The van der Waals surface area contributed by atoms with Gasteiger partial charge in [0, 0.05) is 18.7 Å². The fraction of sp³-hybridized carbons (Fsp3) is 0.300. The lowest BCUT2D eigenvalue weighted by molar-refractivity contribution is -0.159. The molecule has 0 radical (unpaired) electrons. The van der Waals surface area contributed by atoms with Crippen molar-refractivity contribution in [3.63, 3.8) is 0 Å². The molecular weight excluding hydrogens is 417 g/mol. The second-order valence-corrected chi connectivity index (χ2v) is 6.55. The monoisotopic (exact) mass is 436 g/mol. The molecule has 0 aliphatic carbocycles. The van der Waals surface area contributed by atoms with Crippen molar-refractivity contribution in [2.75, 3.05) is 20.2 Å². The van der Waals surface area contributed by atoms with Crippen molar-refractivity contribution in [2.24, 2.45) is 0 Å². The largest absolute Gasteiger partial charge is 0.506 e. The van der Waals surface area contributed by atoms with Crippen LogP contribution >= 0.6 is 0 Å². The zero-order valence-corrected chi connectivity index (χ0v) is 16.5. The number of ether oxygens (including phenoxy) is 1. The predicted molar refractivity (Wildman–Crippen MR) is 102 cm³/mol. The smallest absolute Gasteiger partial charge is 0.471 e. The second kappa shape index (κ2) is 9.45. The Balaban J connectivity index is 0.000000176. The highest BCUT2D eigenvalue weighted by atomic mass is 19.4. The molecule has 1 fully saturated rings. The van der Waals surface area contributed by atoms with Crippen LogP contribution in [0, 0.1) is 0 Å². The van der Waals surface area contributed by atoms with Crippen LogP contribution in [-0.4, -0.2) is 51.2 Å². The van der Waals surface area contributed by atoms with Gasteiger partial charge >= 0.3 is 12.1 Å². The van der Waals surface area contributed by atoms with Crippen LogP contribution in [0.15, 0.2) is 47.1 Å². The molecule has 31 heavy (non-hydrogen) atoms. The van der Waals surface area contributed by atoms with Gasteiger partial charge < -0.3 is 19.3 Å². The minimum Gasteiger partial charge on any atom is -0.506 e. The highest BCUT2D eigenvalue weighted by molar-refractivity contribution is 5.94. The SMILES string of the molecule is COc1ccc(C(=O)N2CCCC2)cc1.Oc1ccc(-c2noc(C(F)(F)F)n2)nc1. The Morgan fingerprint density at radius 3 is 2.32 bits per heavy atom. The minimum atomic E-state index is -4.68. The number of aromatic nitrogens is 3. The number of hydrogen-bond acceptors (Lipinski definition) is 7. The molecule has 0 unspecified atom stereocenters. The third-order valence-electron chi connectivity index (χ3n) is 4.38. The molecule has 3 heterocycles. The lowest BCUT2D eigenvalue weighted by Crippen LogP contribution is -2.27. The van der Waals surface area contributed by atoms with E-state index in [2.05, 4.69) is 19.6 Å². The van der Waals surface area contributed by atoms with Gasteiger partial charge in [0.05, 0.1) is 13.3 Å². The first-order valence-corrected chi connectivity index (χ1v) is 9.27. The van der Waals surface area contributed by atoms with Crippen LogP contribution in [0.4, 0.5) is 13.2 Å². The average Bonchev–Trinajstić information content (AvgIpc) is 3.46. The van der Waals surface area contributed by atoms with E-state index in [1.165, 1.54) is 12.1 Å². The number of benzene rings is 1. The molecule has 0 spiro atoms. The molecule has 2 aromatic heterocycles. The first kappa shape index (κ1) is 22.1. The average molecular weight is 436 g/mol. The van der Waals surface area contributed by atoms with Crippen LogP contribution in [0.3, 0.4) is 0 Å². The van der Waals surface area contributed by atoms with Gasteiger partial charge in [0.1, 0.15) is 17.2 Å². The number of carbonyl (C=O) groups excluding carboxylic acids is 1. The Morgan fingerprint density at radius 2 is 1.81 bits per heavy atom. The standard InChI is InChI=1S/C12H15NO2.C8H4F3N3O2/c1-15-11-6-4-10(5-7-11)12(14)13-8-2-3-9-13;9-8(10,11)7-13-6(14-16-7)5-2-1-4(15)3-12-5/h4-7H,2-3,8-9H2,1H3;1-3,15H. The van der Waals surface area contributed by atoms with Gasteiger partial charge in [0.25, 0.3) is 5.91 Å². The van der Waals surface area contributed by atoms with Crippen LogP contribution in [0.1, 0.15) is 29.1 Å². The number of aromatic hydroxyl groups is 1. The number of methoxy groups -OCH3 is 1. The number of likely N-dealkylation sites (tertiary alicyclic amines) is 1. The van der Waals surface area contributed by atoms with Crippen molar-refractivity contribution in [2.45, 2.75) is 19.0 Å². The van der Waals surface area contributed by atoms with E-state index in [1.807, 2.05) is 29.2 Å². The van der Waals surface area contributed by atoms with Crippen molar-refractivity contribution in [1.82, 2.24) is 20.0 Å². The van der Waals surface area contributed by atoms with E-state index in [0.29, 0.717) is 0 Å². The summed E-state index contributed by atoms with van der Waals surface area (Å²) in [5, 5.41) is 12.1. The molecule has 0 saturated carbocycles. The summed E-state index contributed by atoms with van der Waals surface area (Å²) < 4.78 is 45.4. The van der Waals surface area contributed by atoms with Gasteiger partial charge in [-0.15, -0.1) is 0 Å². The summed E-state index contributed by atoms with van der Waals surface area (Å²) >= 11 is 0. The van der Waals surface area contributed by atoms with E-state index in [0.717, 1.165) is 43.4 Å². The maximum Gasteiger partial charge on any atom is 0.471 e. The maximum atomic E-state index is 12.1. The van der Waals surface area contributed by atoms with Crippen LogP contribution < -0.4 is 4.74 Å². The van der Waals surface area contributed by atoms with Crippen LogP contribution in [0.2, 0.25) is 0 Å². The fourth-order valence-electron chi connectivity index (χ4n) is 2.80. The lowest BCUT2D eigenvalue weighted by Gasteiger charge is -2.15. The minimum absolute atomic E-state index is 0.0806. The Morgan fingerprint density at radius 1 is 1.13 bits per heavy atom. The van der Waals surface area contributed by atoms with Gasteiger partial charge in [-0.05, 0) is 49.2 Å². The molecule has 0 bridgehead atoms. The summed E-state index contributed by atoms with van der Waals surface area (Å²) in [6.45, 7) is 1.79. The molecule has 1 N–H and O–H groups in total. The Kier molecular flexibility index (Phi) is 6.73. The number of hydrogen-bond donors (Lipinski definition) is 1. The van der Waals surface area contributed by atoms with E-state index in [4.69, 9.17) is 9.84 Å². The molecule has 1 amide bonds. The molecule has 8 nitrogen and oxygen atoms in total. The first-order valence-electron chi connectivity index (χ1n) is 9.27. The van der Waals surface area contributed by atoms with E-state index in [-0.39, 0.29) is 23.2 Å². The molecule has 164 valence electrons. The zero-order valence-electron chi connectivity index (χ0n) is 16.5. The number of rotatable bonds is 3. The summed E-state index contributed by atoms with van der Waals surface area (Å²) in [5.74, 6) is -0.906. The molecule has 0 atom stereocenters. The van der Waals surface area contributed by atoms with Crippen LogP contribution in [-0.2, 0) is 6.18 Å². The summed E-state index contributed by atoms with van der Waals surface area (Å²) in [4.78, 5) is 20.6. The van der Waals surface area contributed by atoms with Crippen LogP contribution in [0.5, 0.6) is 11.5 Å². The Hall–Kier alpha value is -3.63. The Labute approximate surface area is 175 Å². The molecule has 3 aromatic rings. The molecule has 11 heteroatoms. The summed E-state index contributed by atoms with van der Waals surface area (Å²) in [5.41, 5.74) is 0.828. The zero-order chi connectivity index (χ0) is 22.4. The van der Waals surface area contributed by atoms with Gasteiger partial charge in [-0.2, -0.15) is 18.2 Å². The number of pyridine rings is 1. The van der Waals surface area contributed by atoms with Crippen LogP contribution in [0.25, 0.3) is 11.5 Å². The lowest BCUT2D eigenvalue weighted by atomic mass is 10.2. The van der Waals surface area contributed by atoms with Gasteiger partial charge in [0.15, 0.2) is 0 Å². The molecule has 1 aromatic carbocycles. The molecule has 1 aliphatic rings. The highest BCUT2D eigenvalue weighted by Crippen LogP contribution is 2.29. The van der Waals surface area contributed by atoms with Crippen molar-refractivity contribution in [3.8, 4) is 23.0 Å². The summed E-state index contributed by atoms with van der Waals surface area (Å²) in [6, 6.07) is 9.82. The Bertz CT molecular complexity index is 999. The first-order chi connectivity index (χ1) is 14.8. The van der Waals surface area contributed by atoms with Crippen molar-refractivity contribution in [3.05, 3.63) is 54.0 Å². The van der Waals surface area contributed by atoms with Crippen molar-refractivity contribution in [1.29, 1.82) is 0 Å².